The number of hydrogen-bond donors (Lipinski definition) is 2. The van der Waals surface area contributed by atoms with E-state index in [0.29, 0.717) is 18.2 Å². The zero-order valence-electron chi connectivity index (χ0n) is 13.4. The average molecular weight is 345 g/mol. The first-order chi connectivity index (χ1) is 11.6. The minimum Gasteiger partial charge on any atom is -0.334 e. The number of nitrogens with one attached hydrogen (secondary N) is 2. The van der Waals surface area contributed by atoms with E-state index in [0.717, 1.165) is 11.4 Å². The predicted molar refractivity (Wildman–Crippen MR) is 92.5 cm³/mol. The molecule has 0 spiro atoms. The molecule has 126 valence electrons. The summed E-state index contributed by atoms with van der Waals surface area (Å²) in [7, 11) is 0. The molecule has 0 fully saturated rings. The van der Waals surface area contributed by atoms with Crippen molar-refractivity contribution in [3.63, 3.8) is 0 Å². The number of carbonyl (C=O) groups excluding carboxylic acids is 2. The van der Waals surface area contributed by atoms with Gasteiger partial charge in [0.1, 0.15) is 5.82 Å². The summed E-state index contributed by atoms with van der Waals surface area (Å²) in [6.07, 6.45) is 1.73. The van der Waals surface area contributed by atoms with Gasteiger partial charge in [-0.15, -0.1) is 16.8 Å². The molecular weight excluding hydrogens is 326 g/mol. The van der Waals surface area contributed by atoms with Gasteiger partial charge >= 0.3 is 6.03 Å². The Bertz CT molecular complexity index is 715. The van der Waals surface area contributed by atoms with E-state index in [1.54, 1.807) is 6.08 Å². The van der Waals surface area contributed by atoms with E-state index in [9.17, 15) is 9.59 Å². The zero-order valence-corrected chi connectivity index (χ0v) is 14.2. The first kappa shape index (κ1) is 17.7. The molecule has 2 aromatic rings. The highest BCUT2D eigenvalue weighted by Gasteiger charge is 2.12. The summed E-state index contributed by atoms with van der Waals surface area (Å²) >= 11 is 1.22. The van der Waals surface area contributed by atoms with Crippen LogP contribution in [-0.4, -0.2) is 32.5 Å². The normalized spacial score (nSPS) is 10.2. The summed E-state index contributed by atoms with van der Waals surface area (Å²) in [6.45, 7) is 6.44. The summed E-state index contributed by atoms with van der Waals surface area (Å²) in [4.78, 5) is 23.6. The summed E-state index contributed by atoms with van der Waals surface area (Å²) in [6, 6.07) is 8.94. The first-order valence-electron chi connectivity index (χ1n) is 7.35. The van der Waals surface area contributed by atoms with Crippen molar-refractivity contribution in [2.24, 2.45) is 0 Å². The zero-order chi connectivity index (χ0) is 17.4. The molecule has 0 saturated heterocycles. The van der Waals surface area contributed by atoms with Gasteiger partial charge in [-0.05, 0) is 12.5 Å². The average Bonchev–Trinajstić information content (AvgIpc) is 2.93. The molecular formula is C16H19N5O2S. The lowest BCUT2D eigenvalue weighted by atomic mass is 10.2. The van der Waals surface area contributed by atoms with E-state index in [-0.39, 0.29) is 5.75 Å². The van der Waals surface area contributed by atoms with E-state index in [4.69, 9.17) is 0 Å². The summed E-state index contributed by atoms with van der Waals surface area (Å²) in [5, 5.41) is 13.5. The Morgan fingerprint density at radius 3 is 2.75 bits per heavy atom. The van der Waals surface area contributed by atoms with Crippen LogP contribution in [0.2, 0.25) is 0 Å². The van der Waals surface area contributed by atoms with Gasteiger partial charge in [0.15, 0.2) is 5.16 Å². The largest absolute Gasteiger partial charge is 0.334 e. The number of carbonyl (C=O) groups is 2. The van der Waals surface area contributed by atoms with Gasteiger partial charge in [0.2, 0.25) is 5.91 Å². The van der Waals surface area contributed by atoms with Crippen molar-refractivity contribution >= 4 is 23.7 Å². The molecule has 0 saturated carbocycles. The van der Waals surface area contributed by atoms with Gasteiger partial charge < -0.3 is 9.88 Å². The smallest absolute Gasteiger partial charge is 0.321 e. The molecule has 0 radical (unpaired) electrons. The van der Waals surface area contributed by atoms with Crippen molar-refractivity contribution in [2.45, 2.75) is 25.2 Å². The highest BCUT2D eigenvalue weighted by atomic mass is 32.2. The van der Waals surface area contributed by atoms with E-state index in [1.165, 1.54) is 11.8 Å². The van der Waals surface area contributed by atoms with Gasteiger partial charge in [-0.3, -0.25) is 10.1 Å². The number of hydrogen-bond acceptors (Lipinski definition) is 5. The van der Waals surface area contributed by atoms with Crippen LogP contribution in [0.4, 0.5) is 4.79 Å². The maximum absolute atomic E-state index is 11.8. The van der Waals surface area contributed by atoms with Crippen molar-refractivity contribution in [1.82, 2.24) is 25.4 Å². The van der Waals surface area contributed by atoms with Crippen LogP contribution in [0.15, 0.2) is 48.1 Å². The van der Waals surface area contributed by atoms with Crippen molar-refractivity contribution in [2.75, 3.05) is 5.75 Å². The number of imide groups is 1. The van der Waals surface area contributed by atoms with Gasteiger partial charge in [0.05, 0.1) is 5.75 Å². The Hall–Kier alpha value is -2.61. The van der Waals surface area contributed by atoms with Gasteiger partial charge in [-0.1, -0.05) is 48.2 Å². The lowest BCUT2D eigenvalue weighted by molar-refractivity contribution is -0.117. The van der Waals surface area contributed by atoms with Crippen LogP contribution < -0.4 is 10.6 Å². The second-order valence-electron chi connectivity index (χ2n) is 4.93. The lowest BCUT2D eigenvalue weighted by Gasteiger charge is -2.07. The molecule has 8 heteroatoms. The number of amides is 3. The summed E-state index contributed by atoms with van der Waals surface area (Å²) in [5.74, 6) is 0.434. The minimum atomic E-state index is -0.520. The number of allylic oxidation sites excluding steroid dienone is 1. The number of nitrogens with zero attached hydrogens (tertiary/aromatic N) is 3. The van der Waals surface area contributed by atoms with Crippen LogP contribution in [0.1, 0.15) is 11.4 Å². The Morgan fingerprint density at radius 2 is 2.04 bits per heavy atom. The van der Waals surface area contributed by atoms with E-state index in [2.05, 4.69) is 27.4 Å². The number of thioether (sulfide) groups is 1. The fourth-order valence-electron chi connectivity index (χ4n) is 1.92. The van der Waals surface area contributed by atoms with Crippen molar-refractivity contribution in [3.8, 4) is 0 Å². The van der Waals surface area contributed by atoms with Crippen molar-refractivity contribution in [1.29, 1.82) is 0 Å². The summed E-state index contributed by atoms with van der Waals surface area (Å²) in [5.41, 5.74) is 0.961. The quantitative estimate of drug-likeness (QED) is 0.591. The topological polar surface area (TPSA) is 88.9 Å². The van der Waals surface area contributed by atoms with Crippen molar-refractivity contribution < 1.29 is 9.59 Å². The molecule has 7 nitrogen and oxygen atoms in total. The maximum atomic E-state index is 11.8. The molecule has 0 aliphatic carbocycles. The second kappa shape index (κ2) is 8.88. The number of aromatic nitrogens is 3. The second-order valence-corrected chi connectivity index (χ2v) is 5.88. The van der Waals surface area contributed by atoms with Gasteiger partial charge in [0.25, 0.3) is 0 Å². The number of urea groups is 1. The molecule has 2 N–H and O–H groups in total. The number of benzene rings is 1. The molecule has 0 aliphatic rings. The third kappa shape index (κ3) is 5.24. The van der Waals surface area contributed by atoms with Gasteiger partial charge in [-0.25, -0.2) is 4.79 Å². The molecule has 0 bridgehead atoms. The third-order valence-electron chi connectivity index (χ3n) is 3.09. The van der Waals surface area contributed by atoms with Crippen molar-refractivity contribution in [3.05, 3.63) is 54.4 Å². The fourth-order valence-corrected chi connectivity index (χ4v) is 2.72. The van der Waals surface area contributed by atoms with Crippen LogP contribution in [0.3, 0.4) is 0 Å². The molecule has 0 aliphatic heterocycles. The molecule has 3 amide bonds. The minimum absolute atomic E-state index is 0.0774. The van der Waals surface area contributed by atoms with E-state index in [1.807, 2.05) is 41.8 Å². The van der Waals surface area contributed by atoms with Crippen LogP contribution in [0.25, 0.3) is 0 Å². The Kier molecular flexibility index (Phi) is 6.56. The molecule has 24 heavy (non-hydrogen) atoms. The molecule has 0 atom stereocenters. The van der Waals surface area contributed by atoms with Crippen LogP contribution in [0.5, 0.6) is 0 Å². The van der Waals surface area contributed by atoms with E-state index >= 15 is 0 Å². The standard InChI is InChI=1S/C16H19N5O2S/c1-3-9-21-12(2)19-20-16(21)24-11-14(22)18-15(23)17-10-13-7-5-4-6-8-13/h3-8H,1,9-11H2,2H3,(H2,17,18,22,23). The number of aryl methyl sites for hydroxylation is 1. The lowest BCUT2D eigenvalue weighted by Crippen LogP contribution is -2.40. The highest BCUT2D eigenvalue weighted by molar-refractivity contribution is 7.99. The highest BCUT2D eigenvalue weighted by Crippen LogP contribution is 2.16. The Labute approximate surface area is 144 Å². The molecule has 1 aromatic heterocycles. The number of rotatable bonds is 7. The third-order valence-corrected chi connectivity index (χ3v) is 4.06. The predicted octanol–water partition coefficient (Wildman–Crippen LogP) is 1.89. The van der Waals surface area contributed by atoms with E-state index < -0.39 is 11.9 Å². The van der Waals surface area contributed by atoms with Gasteiger partial charge in [-0.2, -0.15) is 0 Å². The molecule has 1 heterocycles. The Morgan fingerprint density at radius 1 is 1.29 bits per heavy atom. The Balaban J connectivity index is 1.77. The molecule has 2 rings (SSSR count). The summed E-state index contributed by atoms with van der Waals surface area (Å²) < 4.78 is 1.85. The SMILES string of the molecule is C=CCn1c(C)nnc1SCC(=O)NC(=O)NCc1ccccc1. The first-order valence-corrected chi connectivity index (χ1v) is 8.34. The molecule has 1 aromatic carbocycles. The maximum Gasteiger partial charge on any atom is 0.321 e. The van der Waals surface area contributed by atoms with Crippen LogP contribution >= 0.6 is 11.8 Å². The van der Waals surface area contributed by atoms with Crippen LogP contribution in [-0.2, 0) is 17.9 Å². The molecule has 0 unspecified atom stereocenters. The van der Waals surface area contributed by atoms with Gasteiger partial charge in [0, 0.05) is 13.1 Å². The van der Waals surface area contributed by atoms with Crippen LogP contribution in [0, 0.1) is 6.92 Å². The monoisotopic (exact) mass is 345 g/mol. The fraction of sp³-hybridized carbons (Fsp3) is 0.250.